The molecule has 0 saturated carbocycles. The minimum Gasteiger partial charge on any atom is -0.381 e. The summed E-state index contributed by atoms with van der Waals surface area (Å²) in [6.45, 7) is 24.7. The van der Waals surface area contributed by atoms with Gasteiger partial charge in [0.1, 0.15) is 0 Å². The molecule has 0 heterocycles. The highest BCUT2D eigenvalue weighted by molar-refractivity contribution is 4.49. The summed E-state index contributed by atoms with van der Waals surface area (Å²) >= 11 is 0. The zero-order valence-corrected chi connectivity index (χ0v) is 18.5. The van der Waals surface area contributed by atoms with Gasteiger partial charge in [0, 0.05) is 26.4 Å². The molecule has 154 valence electrons. The first kappa shape index (κ1) is 27.1. The fourth-order valence-electron chi connectivity index (χ4n) is 1.63. The summed E-state index contributed by atoms with van der Waals surface area (Å²) in [7, 11) is 0. The van der Waals surface area contributed by atoms with Crippen LogP contribution in [0.25, 0.3) is 0 Å². The van der Waals surface area contributed by atoms with Crippen molar-refractivity contribution in [2.24, 2.45) is 23.7 Å². The molecule has 1 atom stereocenters. The van der Waals surface area contributed by atoms with E-state index in [4.69, 9.17) is 18.9 Å². The van der Waals surface area contributed by atoms with Crippen molar-refractivity contribution in [1.82, 2.24) is 0 Å². The van der Waals surface area contributed by atoms with Crippen molar-refractivity contribution < 1.29 is 18.9 Å². The quantitative estimate of drug-likeness (QED) is 0.405. The van der Waals surface area contributed by atoms with E-state index in [0.717, 1.165) is 26.4 Å². The van der Waals surface area contributed by atoms with Crippen molar-refractivity contribution in [1.29, 1.82) is 0 Å². The lowest BCUT2D eigenvalue weighted by molar-refractivity contribution is -0.0320. The molecule has 0 amide bonds. The molecule has 0 aliphatic rings. The number of rotatable bonds is 14. The van der Waals surface area contributed by atoms with Gasteiger partial charge in [-0.2, -0.15) is 0 Å². The summed E-state index contributed by atoms with van der Waals surface area (Å²) in [6, 6.07) is 0. The highest BCUT2D eigenvalue weighted by Crippen LogP contribution is 1.99. The fourth-order valence-corrected chi connectivity index (χ4v) is 1.63. The van der Waals surface area contributed by atoms with E-state index < -0.39 is 0 Å². The third kappa shape index (κ3) is 28.9. The molecule has 0 bridgehead atoms. The highest BCUT2D eigenvalue weighted by Gasteiger charge is 2.03. The molecule has 0 aromatic heterocycles. The van der Waals surface area contributed by atoms with Gasteiger partial charge in [0.05, 0.1) is 25.9 Å². The van der Waals surface area contributed by atoms with Crippen LogP contribution in [0.4, 0.5) is 0 Å². The molecular formula is C21H46O4. The van der Waals surface area contributed by atoms with Gasteiger partial charge in [-0.05, 0) is 30.6 Å². The fraction of sp³-hybridized carbons (Fsp3) is 1.00. The van der Waals surface area contributed by atoms with Crippen LogP contribution in [0.15, 0.2) is 0 Å². The maximum Gasteiger partial charge on any atom is 0.0780 e. The minimum atomic E-state index is 0.174. The van der Waals surface area contributed by atoms with Crippen LogP contribution < -0.4 is 0 Å². The molecule has 0 aliphatic carbocycles. The van der Waals surface area contributed by atoms with Gasteiger partial charge < -0.3 is 18.9 Å². The Kier molecular flexibility index (Phi) is 20.2. The van der Waals surface area contributed by atoms with Crippen LogP contribution in [0.1, 0.15) is 62.3 Å². The van der Waals surface area contributed by atoms with Crippen LogP contribution in [0.2, 0.25) is 0 Å². The average Bonchev–Trinajstić information content (AvgIpc) is 2.48. The molecule has 1 unspecified atom stereocenters. The van der Waals surface area contributed by atoms with Crippen molar-refractivity contribution in [2.75, 3.05) is 46.2 Å². The summed E-state index contributed by atoms with van der Waals surface area (Å²) in [6.07, 6.45) is 0.174. The van der Waals surface area contributed by atoms with Crippen LogP contribution in [-0.4, -0.2) is 52.4 Å². The molecule has 0 radical (unpaired) electrons. The van der Waals surface area contributed by atoms with E-state index in [1.807, 2.05) is 6.92 Å². The summed E-state index contributed by atoms with van der Waals surface area (Å²) < 4.78 is 21.8. The molecule has 0 spiro atoms. The summed E-state index contributed by atoms with van der Waals surface area (Å²) in [5, 5.41) is 0. The Bertz CT molecular complexity index is 244. The van der Waals surface area contributed by atoms with Crippen LogP contribution in [0.5, 0.6) is 0 Å². The summed E-state index contributed by atoms with van der Waals surface area (Å²) in [4.78, 5) is 0. The topological polar surface area (TPSA) is 36.9 Å². The molecule has 4 nitrogen and oxygen atoms in total. The lowest BCUT2D eigenvalue weighted by Crippen LogP contribution is -2.20. The number of hydrogen-bond donors (Lipinski definition) is 0. The lowest BCUT2D eigenvalue weighted by Gasteiger charge is -2.15. The Balaban J connectivity index is 0. The molecule has 0 saturated heterocycles. The van der Waals surface area contributed by atoms with E-state index >= 15 is 0 Å². The van der Waals surface area contributed by atoms with Crippen LogP contribution in [0.3, 0.4) is 0 Å². The van der Waals surface area contributed by atoms with E-state index in [9.17, 15) is 0 Å². The SMILES string of the molecule is CC(C)COCC(C)C.CC(C)COCCOCC(C)OCC(C)C. The summed E-state index contributed by atoms with van der Waals surface area (Å²) in [5.74, 6) is 2.51. The predicted octanol–water partition coefficient (Wildman–Crippen LogP) is 5.05. The van der Waals surface area contributed by atoms with Crippen LogP contribution in [-0.2, 0) is 18.9 Å². The Hall–Kier alpha value is -0.160. The lowest BCUT2D eigenvalue weighted by atomic mass is 10.2. The third-order valence-electron chi connectivity index (χ3n) is 2.79. The molecule has 0 fully saturated rings. The van der Waals surface area contributed by atoms with Crippen molar-refractivity contribution in [3.05, 3.63) is 0 Å². The number of hydrogen-bond acceptors (Lipinski definition) is 4. The van der Waals surface area contributed by atoms with Gasteiger partial charge >= 0.3 is 0 Å². The van der Waals surface area contributed by atoms with Gasteiger partial charge in [-0.15, -0.1) is 0 Å². The second-order valence-electron chi connectivity index (χ2n) is 8.41. The van der Waals surface area contributed by atoms with E-state index in [2.05, 4.69) is 55.4 Å². The van der Waals surface area contributed by atoms with Crippen molar-refractivity contribution in [3.63, 3.8) is 0 Å². The minimum absolute atomic E-state index is 0.174. The molecule has 25 heavy (non-hydrogen) atoms. The van der Waals surface area contributed by atoms with E-state index in [-0.39, 0.29) is 6.10 Å². The van der Waals surface area contributed by atoms with Crippen molar-refractivity contribution >= 4 is 0 Å². The molecule has 0 rings (SSSR count). The smallest absolute Gasteiger partial charge is 0.0780 e. The molecule has 4 heteroatoms. The first-order chi connectivity index (χ1) is 11.6. The molecule has 0 N–H and O–H groups in total. The van der Waals surface area contributed by atoms with Gasteiger partial charge in [-0.25, -0.2) is 0 Å². The maximum absolute atomic E-state index is 5.58. The first-order valence-electron chi connectivity index (χ1n) is 9.99. The Morgan fingerprint density at radius 2 is 0.800 bits per heavy atom. The third-order valence-corrected chi connectivity index (χ3v) is 2.79. The van der Waals surface area contributed by atoms with Gasteiger partial charge in [-0.3, -0.25) is 0 Å². The predicted molar refractivity (Wildman–Crippen MR) is 107 cm³/mol. The Labute approximate surface area is 157 Å². The van der Waals surface area contributed by atoms with Gasteiger partial charge in [0.25, 0.3) is 0 Å². The Morgan fingerprint density at radius 1 is 0.440 bits per heavy atom. The van der Waals surface area contributed by atoms with E-state index in [0.29, 0.717) is 43.5 Å². The maximum atomic E-state index is 5.58. The molecular weight excluding hydrogens is 316 g/mol. The normalized spacial score (nSPS) is 12.8. The second-order valence-corrected chi connectivity index (χ2v) is 8.41. The highest BCUT2D eigenvalue weighted by atomic mass is 16.5. The van der Waals surface area contributed by atoms with Crippen molar-refractivity contribution in [3.8, 4) is 0 Å². The standard InChI is InChI=1S/C13H28O3.C8H18O/c1-11(2)8-14-6-7-15-10-13(5)16-9-12(3)4;1-7(2)5-9-6-8(3)4/h11-13H,6-10H2,1-5H3;7-8H,5-6H2,1-4H3. The van der Waals surface area contributed by atoms with Crippen LogP contribution >= 0.6 is 0 Å². The number of ether oxygens (including phenoxy) is 4. The van der Waals surface area contributed by atoms with Crippen molar-refractivity contribution in [2.45, 2.75) is 68.4 Å². The average molecular weight is 363 g/mol. The van der Waals surface area contributed by atoms with E-state index in [1.54, 1.807) is 0 Å². The second kappa shape index (κ2) is 18.6. The van der Waals surface area contributed by atoms with Gasteiger partial charge in [-0.1, -0.05) is 55.4 Å². The first-order valence-corrected chi connectivity index (χ1v) is 9.99. The molecule has 0 aromatic rings. The van der Waals surface area contributed by atoms with Gasteiger partial charge in [0.2, 0.25) is 0 Å². The van der Waals surface area contributed by atoms with Gasteiger partial charge in [0.15, 0.2) is 0 Å². The zero-order valence-electron chi connectivity index (χ0n) is 18.5. The van der Waals surface area contributed by atoms with E-state index in [1.165, 1.54) is 0 Å². The summed E-state index contributed by atoms with van der Waals surface area (Å²) in [5.41, 5.74) is 0. The molecule has 0 aliphatic heterocycles. The Morgan fingerprint density at radius 3 is 1.20 bits per heavy atom. The monoisotopic (exact) mass is 362 g/mol. The van der Waals surface area contributed by atoms with Crippen LogP contribution in [0, 0.1) is 23.7 Å². The zero-order chi connectivity index (χ0) is 19.7. The largest absolute Gasteiger partial charge is 0.381 e. The molecule has 0 aromatic carbocycles.